The molecule has 2 rings (SSSR count). The van der Waals surface area contributed by atoms with Crippen LogP contribution in [0.25, 0.3) is 0 Å². The second kappa shape index (κ2) is 5.81. The van der Waals surface area contributed by atoms with Gasteiger partial charge < -0.3 is 10.1 Å². The van der Waals surface area contributed by atoms with Crippen molar-refractivity contribution in [3.8, 4) is 0 Å². The summed E-state index contributed by atoms with van der Waals surface area (Å²) in [7, 11) is 1.66. The second-order valence-electron chi connectivity index (χ2n) is 4.50. The van der Waals surface area contributed by atoms with Gasteiger partial charge in [0.25, 0.3) is 0 Å². The lowest BCUT2D eigenvalue weighted by atomic mass is 10.3. The van der Waals surface area contributed by atoms with E-state index in [1.807, 2.05) is 0 Å². The molecule has 100 valence electrons. The van der Waals surface area contributed by atoms with Crippen LogP contribution in [0.2, 0.25) is 0 Å². The third-order valence-electron chi connectivity index (χ3n) is 3.06. The van der Waals surface area contributed by atoms with Crippen molar-refractivity contribution in [2.45, 2.75) is 31.8 Å². The Morgan fingerprint density at radius 1 is 1.61 bits per heavy atom. The molecular formula is C11H18N4O3. The summed E-state index contributed by atoms with van der Waals surface area (Å²) in [5, 5.41) is 17.7. The zero-order valence-electron chi connectivity index (χ0n) is 10.5. The maximum absolute atomic E-state index is 10.8. The summed E-state index contributed by atoms with van der Waals surface area (Å²) in [6.07, 6.45) is 6.49. The van der Waals surface area contributed by atoms with Gasteiger partial charge in [-0.2, -0.15) is 0 Å². The molecule has 0 radical (unpaired) electrons. The zero-order valence-corrected chi connectivity index (χ0v) is 10.5. The Labute approximate surface area is 105 Å². The van der Waals surface area contributed by atoms with Crippen molar-refractivity contribution in [2.75, 3.05) is 18.5 Å². The van der Waals surface area contributed by atoms with E-state index >= 15 is 0 Å². The van der Waals surface area contributed by atoms with Crippen LogP contribution in [0.5, 0.6) is 0 Å². The fourth-order valence-corrected chi connectivity index (χ4v) is 2.19. The highest BCUT2D eigenvalue weighted by Gasteiger charge is 2.18. The predicted octanol–water partition coefficient (Wildman–Crippen LogP) is 1.70. The number of anilines is 1. The molecule has 1 N–H and O–H groups in total. The smallest absolute Gasteiger partial charge is 0.330 e. The molecule has 0 aromatic carbocycles. The number of aromatic nitrogens is 2. The molecule has 0 amide bonds. The van der Waals surface area contributed by atoms with Crippen molar-refractivity contribution < 1.29 is 9.66 Å². The lowest BCUT2D eigenvalue weighted by Crippen LogP contribution is -2.16. The molecule has 1 heterocycles. The Morgan fingerprint density at radius 3 is 3.00 bits per heavy atom. The first-order valence-electron chi connectivity index (χ1n) is 6.20. The maximum atomic E-state index is 10.8. The monoisotopic (exact) mass is 254 g/mol. The predicted molar refractivity (Wildman–Crippen MR) is 66.6 cm³/mol. The van der Waals surface area contributed by atoms with Crippen LogP contribution in [0.3, 0.4) is 0 Å². The number of hydrogen-bond donors (Lipinski definition) is 1. The van der Waals surface area contributed by atoms with Gasteiger partial charge in [0.1, 0.15) is 6.20 Å². The van der Waals surface area contributed by atoms with Gasteiger partial charge in [-0.15, -0.1) is 5.10 Å². The number of aryl methyl sites for hydroxylation is 1. The van der Waals surface area contributed by atoms with Gasteiger partial charge in [0, 0.05) is 13.6 Å². The molecule has 7 nitrogen and oxygen atoms in total. The standard InChI is InChI=1S/C11H18N4O3/c1-14-8-10(15(16)17)11(13-14)12-6-7-18-9-4-2-3-5-9/h8-9H,2-7H2,1H3,(H,12,13). The summed E-state index contributed by atoms with van der Waals surface area (Å²) in [4.78, 5) is 10.3. The maximum Gasteiger partial charge on any atom is 0.330 e. The molecule has 1 aliphatic carbocycles. The van der Waals surface area contributed by atoms with Crippen molar-refractivity contribution in [1.82, 2.24) is 9.78 Å². The number of hydrogen-bond acceptors (Lipinski definition) is 5. The molecule has 0 unspecified atom stereocenters. The molecule has 1 fully saturated rings. The average Bonchev–Trinajstić information content (AvgIpc) is 2.93. The van der Waals surface area contributed by atoms with E-state index in [0.717, 1.165) is 12.8 Å². The molecule has 1 saturated carbocycles. The summed E-state index contributed by atoms with van der Waals surface area (Å²) >= 11 is 0. The van der Waals surface area contributed by atoms with E-state index in [-0.39, 0.29) is 5.69 Å². The minimum atomic E-state index is -0.437. The summed E-state index contributed by atoms with van der Waals surface area (Å²) in [5.74, 6) is 0.303. The first-order valence-corrected chi connectivity index (χ1v) is 6.20. The van der Waals surface area contributed by atoms with Crippen LogP contribution in [0.4, 0.5) is 11.5 Å². The van der Waals surface area contributed by atoms with Gasteiger partial charge >= 0.3 is 5.69 Å². The Balaban J connectivity index is 1.77. The molecule has 0 saturated heterocycles. The molecule has 1 aromatic rings. The normalized spacial score (nSPS) is 16.1. The molecule has 7 heteroatoms. The molecule has 1 aromatic heterocycles. The van der Waals surface area contributed by atoms with Gasteiger partial charge in [-0.25, -0.2) is 0 Å². The van der Waals surface area contributed by atoms with Crippen LogP contribution in [-0.4, -0.2) is 34.0 Å². The van der Waals surface area contributed by atoms with Crippen LogP contribution >= 0.6 is 0 Å². The van der Waals surface area contributed by atoms with Crippen molar-refractivity contribution >= 4 is 11.5 Å². The van der Waals surface area contributed by atoms with Gasteiger partial charge in [-0.3, -0.25) is 14.8 Å². The minimum absolute atomic E-state index is 0.00151. The van der Waals surface area contributed by atoms with E-state index in [1.165, 1.54) is 23.7 Å². The first-order chi connectivity index (χ1) is 8.66. The third-order valence-corrected chi connectivity index (χ3v) is 3.06. The van der Waals surface area contributed by atoms with Crippen molar-refractivity contribution in [1.29, 1.82) is 0 Å². The number of nitro groups is 1. The topological polar surface area (TPSA) is 82.2 Å². The Morgan fingerprint density at radius 2 is 2.33 bits per heavy atom. The minimum Gasteiger partial charge on any atom is -0.376 e. The van der Waals surface area contributed by atoms with E-state index in [1.54, 1.807) is 7.05 Å². The zero-order chi connectivity index (χ0) is 13.0. The highest BCUT2D eigenvalue weighted by molar-refractivity contribution is 5.54. The molecule has 0 atom stereocenters. The van der Waals surface area contributed by atoms with Gasteiger partial charge in [-0.1, -0.05) is 12.8 Å². The SMILES string of the molecule is Cn1cc([N+](=O)[O-])c(NCCOC2CCCC2)n1. The van der Waals surface area contributed by atoms with Crippen molar-refractivity contribution in [3.05, 3.63) is 16.3 Å². The van der Waals surface area contributed by atoms with Gasteiger partial charge in [-0.05, 0) is 12.8 Å². The Hall–Kier alpha value is -1.63. The van der Waals surface area contributed by atoms with E-state index < -0.39 is 4.92 Å². The average molecular weight is 254 g/mol. The lowest BCUT2D eigenvalue weighted by molar-refractivity contribution is -0.384. The van der Waals surface area contributed by atoms with Crippen molar-refractivity contribution in [2.24, 2.45) is 7.05 Å². The summed E-state index contributed by atoms with van der Waals surface area (Å²) in [6, 6.07) is 0. The summed E-state index contributed by atoms with van der Waals surface area (Å²) in [5.41, 5.74) is -0.00151. The van der Waals surface area contributed by atoms with Gasteiger partial charge in [0.05, 0.1) is 17.6 Å². The molecule has 1 aliphatic rings. The fourth-order valence-electron chi connectivity index (χ4n) is 2.19. The van der Waals surface area contributed by atoms with Gasteiger partial charge in [0.2, 0.25) is 5.82 Å². The largest absolute Gasteiger partial charge is 0.376 e. The number of nitrogens with zero attached hydrogens (tertiary/aromatic N) is 3. The highest BCUT2D eigenvalue weighted by atomic mass is 16.6. The Kier molecular flexibility index (Phi) is 4.14. The highest BCUT2D eigenvalue weighted by Crippen LogP contribution is 2.22. The molecule has 0 spiro atoms. The summed E-state index contributed by atoms with van der Waals surface area (Å²) in [6.45, 7) is 1.09. The Bertz CT molecular complexity index is 412. The lowest BCUT2D eigenvalue weighted by Gasteiger charge is -2.10. The molecule has 18 heavy (non-hydrogen) atoms. The van der Waals surface area contributed by atoms with E-state index in [9.17, 15) is 10.1 Å². The second-order valence-corrected chi connectivity index (χ2v) is 4.50. The van der Waals surface area contributed by atoms with Crippen LogP contribution in [0.1, 0.15) is 25.7 Å². The molecular weight excluding hydrogens is 236 g/mol. The van der Waals surface area contributed by atoms with Crippen LogP contribution in [-0.2, 0) is 11.8 Å². The number of rotatable bonds is 6. The van der Waals surface area contributed by atoms with Crippen LogP contribution in [0.15, 0.2) is 6.20 Å². The number of ether oxygens (including phenoxy) is 1. The fraction of sp³-hybridized carbons (Fsp3) is 0.727. The van der Waals surface area contributed by atoms with Gasteiger partial charge in [0.15, 0.2) is 0 Å². The molecule has 0 bridgehead atoms. The van der Waals surface area contributed by atoms with E-state index in [0.29, 0.717) is 25.1 Å². The van der Waals surface area contributed by atoms with Crippen LogP contribution in [0, 0.1) is 10.1 Å². The first kappa shape index (κ1) is 12.8. The number of nitrogens with one attached hydrogen (secondary N) is 1. The quantitative estimate of drug-likeness (QED) is 0.474. The van der Waals surface area contributed by atoms with E-state index in [2.05, 4.69) is 10.4 Å². The third kappa shape index (κ3) is 3.19. The van der Waals surface area contributed by atoms with Crippen LogP contribution < -0.4 is 5.32 Å². The van der Waals surface area contributed by atoms with E-state index in [4.69, 9.17) is 4.74 Å². The summed E-state index contributed by atoms with van der Waals surface area (Å²) < 4.78 is 7.09. The molecule has 0 aliphatic heterocycles. The van der Waals surface area contributed by atoms with Crippen molar-refractivity contribution in [3.63, 3.8) is 0 Å².